The van der Waals surface area contributed by atoms with Crippen LogP contribution in [0.2, 0.25) is 0 Å². The van der Waals surface area contributed by atoms with Crippen molar-refractivity contribution in [2.45, 2.75) is 59.9 Å². The zero-order valence-corrected chi connectivity index (χ0v) is 12.8. The summed E-state index contributed by atoms with van der Waals surface area (Å²) >= 11 is 0. The minimum Gasteiger partial charge on any atom is -0.388 e. The number of rotatable bonds is 5. The van der Waals surface area contributed by atoms with Crippen molar-refractivity contribution in [2.24, 2.45) is 10.8 Å². The van der Waals surface area contributed by atoms with Crippen LogP contribution in [-0.4, -0.2) is 12.6 Å². The van der Waals surface area contributed by atoms with E-state index < -0.39 is 0 Å². The molecular weight excluding hydrogens is 220 g/mol. The second kappa shape index (κ2) is 5.38. The second-order valence-electron chi connectivity index (χ2n) is 7.32. The van der Waals surface area contributed by atoms with Crippen molar-refractivity contribution in [1.82, 2.24) is 10.6 Å². The molecule has 2 nitrogen and oxygen atoms in total. The van der Waals surface area contributed by atoms with E-state index in [1.165, 1.54) is 19.3 Å². The van der Waals surface area contributed by atoms with Crippen LogP contribution in [0.15, 0.2) is 24.6 Å². The van der Waals surface area contributed by atoms with Crippen molar-refractivity contribution < 1.29 is 0 Å². The summed E-state index contributed by atoms with van der Waals surface area (Å²) in [6, 6.07) is 0.545. The molecule has 0 bridgehead atoms. The highest BCUT2D eigenvalue weighted by atomic mass is 14.9. The Morgan fingerprint density at radius 3 is 2.22 bits per heavy atom. The zero-order chi connectivity index (χ0) is 14.0. The molecule has 2 atom stereocenters. The lowest BCUT2D eigenvalue weighted by molar-refractivity contribution is 0.0757. The Hall–Kier alpha value is -0.920. The molecule has 1 saturated carbocycles. The van der Waals surface area contributed by atoms with Crippen LogP contribution in [0.3, 0.4) is 0 Å². The van der Waals surface area contributed by atoms with E-state index in [-0.39, 0.29) is 0 Å². The number of nitrogens with one attached hydrogen (secondary N) is 2. The summed E-state index contributed by atoms with van der Waals surface area (Å²) in [4.78, 5) is 0. The Balaban J connectivity index is 2.72. The summed E-state index contributed by atoms with van der Waals surface area (Å²) < 4.78 is 0. The first-order valence-electron chi connectivity index (χ1n) is 6.93. The van der Waals surface area contributed by atoms with Crippen molar-refractivity contribution in [2.75, 3.05) is 6.54 Å². The summed E-state index contributed by atoms with van der Waals surface area (Å²) in [6.07, 6.45) is 3.68. The van der Waals surface area contributed by atoms with Crippen molar-refractivity contribution in [3.8, 4) is 0 Å². The van der Waals surface area contributed by atoms with Gasteiger partial charge in [0.2, 0.25) is 0 Å². The lowest BCUT2D eigenvalue weighted by Gasteiger charge is -2.47. The molecule has 0 aliphatic heterocycles. The summed E-state index contributed by atoms with van der Waals surface area (Å²) in [5.41, 5.74) is 2.85. The Labute approximate surface area is 113 Å². The van der Waals surface area contributed by atoms with Crippen LogP contribution in [0.4, 0.5) is 0 Å². The molecule has 2 N–H and O–H groups in total. The van der Waals surface area contributed by atoms with Gasteiger partial charge in [-0.15, -0.1) is 0 Å². The van der Waals surface area contributed by atoms with Gasteiger partial charge in [0.05, 0.1) is 0 Å². The van der Waals surface area contributed by atoms with Gasteiger partial charge in [-0.1, -0.05) is 33.9 Å². The van der Waals surface area contributed by atoms with Gasteiger partial charge in [-0.25, -0.2) is 0 Å². The van der Waals surface area contributed by atoms with Crippen LogP contribution in [0.1, 0.15) is 53.9 Å². The normalized spacial score (nSPS) is 30.6. The first kappa shape index (κ1) is 15.1. The highest BCUT2D eigenvalue weighted by Crippen LogP contribution is 2.45. The number of allylic oxidation sites excluding steroid dienone is 2. The van der Waals surface area contributed by atoms with Crippen molar-refractivity contribution in [3.05, 3.63) is 24.6 Å². The van der Waals surface area contributed by atoms with Gasteiger partial charge in [0.25, 0.3) is 0 Å². The Morgan fingerprint density at radius 1 is 1.11 bits per heavy atom. The van der Waals surface area contributed by atoms with E-state index in [1.807, 2.05) is 13.8 Å². The zero-order valence-electron chi connectivity index (χ0n) is 12.8. The molecule has 0 spiro atoms. The molecule has 0 heterocycles. The predicted molar refractivity (Wildman–Crippen MR) is 80.3 cm³/mol. The quantitative estimate of drug-likeness (QED) is 0.775. The molecule has 0 saturated heterocycles. The van der Waals surface area contributed by atoms with E-state index in [4.69, 9.17) is 0 Å². The maximum Gasteiger partial charge on any atom is 0.0268 e. The van der Waals surface area contributed by atoms with Gasteiger partial charge in [-0.05, 0) is 43.9 Å². The third-order valence-corrected chi connectivity index (χ3v) is 3.71. The lowest BCUT2D eigenvalue weighted by Crippen LogP contribution is -2.47. The van der Waals surface area contributed by atoms with Crippen LogP contribution in [0.25, 0.3) is 0 Å². The molecule has 1 fully saturated rings. The maximum absolute atomic E-state index is 3.98. The minimum absolute atomic E-state index is 0.327. The van der Waals surface area contributed by atoms with E-state index in [9.17, 15) is 0 Å². The second-order valence-corrected chi connectivity index (χ2v) is 7.32. The molecule has 0 aromatic heterocycles. The maximum atomic E-state index is 3.98. The SMILES string of the molecule is C=C(C)NCC1(C)CC(NC(=C)C)CC(C)(C)C1. The largest absolute Gasteiger partial charge is 0.388 e. The van der Waals surface area contributed by atoms with Crippen molar-refractivity contribution in [3.63, 3.8) is 0 Å². The topological polar surface area (TPSA) is 24.1 Å². The molecule has 1 aliphatic carbocycles. The van der Waals surface area contributed by atoms with Crippen LogP contribution in [-0.2, 0) is 0 Å². The Morgan fingerprint density at radius 2 is 1.72 bits per heavy atom. The number of hydrogen-bond donors (Lipinski definition) is 2. The average molecular weight is 250 g/mol. The molecule has 2 unspecified atom stereocenters. The van der Waals surface area contributed by atoms with Crippen LogP contribution >= 0.6 is 0 Å². The smallest absolute Gasteiger partial charge is 0.0268 e. The molecule has 18 heavy (non-hydrogen) atoms. The highest BCUT2D eigenvalue weighted by molar-refractivity contribution is 5.00. The summed E-state index contributed by atoms with van der Waals surface area (Å²) in [5, 5.41) is 6.96. The van der Waals surface area contributed by atoms with Gasteiger partial charge in [0, 0.05) is 24.0 Å². The van der Waals surface area contributed by atoms with E-state index in [2.05, 4.69) is 44.6 Å². The first-order chi connectivity index (χ1) is 8.12. The van der Waals surface area contributed by atoms with Crippen LogP contribution < -0.4 is 10.6 Å². The fourth-order valence-corrected chi connectivity index (χ4v) is 3.58. The summed E-state index contributed by atoms with van der Waals surface area (Å²) in [5.74, 6) is 0. The van der Waals surface area contributed by atoms with Gasteiger partial charge >= 0.3 is 0 Å². The fraction of sp³-hybridized carbons (Fsp3) is 0.750. The van der Waals surface area contributed by atoms with Gasteiger partial charge < -0.3 is 10.6 Å². The van der Waals surface area contributed by atoms with Gasteiger partial charge in [-0.3, -0.25) is 0 Å². The minimum atomic E-state index is 0.327. The van der Waals surface area contributed by atoms with E-state index >= 15 is 0 Å². The Bertz CT molecular complexity index is 330. The van der Waals surface area contributed by atoms with Gasteiger partial charge in [0.1, 0.15) is 0 Å². The van der Waals surface area contributed by atoms with E-state index in [0.717, 1.165) is 17.9 Å². The number of hydrogen-bond acceptors (Lipinski definition) is 2. The first-order valence-corrected chi connectivity index (χ1v) is 6.93. The van der Waals surface area contributed by atoms with Gasteiger partial charge in [-0.2, -0.15) is 0 Å². The average Bonchev–Trinajstić information content (AvgIpc) is 2.10. The molecule has 1 rings (SSSR count). The van der Waals surface area contributed by atoms with Crippen LogP contribution in [0.5, 0.6) is 0 Å². The standard InChI is InChI=1S/C16H30N2/c1-12(2)17-11-16(7)9-14(18-13(3)4)8-15(5,6)10-16/h14,17-18H,1,3,8-11H2,2,4-7H3. The van der Waals surface area contributed by atoms with Crippen molar-refractivity contribution in [1.29, 1.82) is 0 Å². The molecule has 2 heteroatoms. The molecule has 0 radical (unpaired) electrons. The third-order valence-electron chi connectivity index (χ3n) is 3.71. The molecule has 0 aromatic carbocycles. The third kappa shape index (κ3) is 4.75. The fourth-order valence-electron chi connectivity index (χ4n) is 3.58. The Kier molecular flexibility index (Phi) is 4.52. The summed E-state index contributed by atoms with van der Waals surface area (Å²) in [6.45, 7) is 20.1. The van der Waals surface area contributed by atoms with Crippen molar-refractivity contribution >= 4 is 0 Å². The monoisotopic (exact) mass is 250 g/mol. The van der Waals surface area contributed by atoms with Gasteiger partial charge in [0.15, 0.2) is 0 Å². The van der Waals surface area contributed by atoms with Crippen LogP contribution in [0, 0.1) is 10.8 Å². The molecule has 0 amide bonds. The molecule has 1 aliphatic rings. The lowest BCUT2D eigenvalue weighted by atomic mass is 9.62. The molecule has 104 valence electrons. The molecular formula is C16H30N2. The summed E-state index contributed by atoms with van der Waals surface area (Å²) in [7, 11) is 0. The van der Waals surface area contributed by atoms with E-state index in [0.29, 0.717) is 16.9 Å². The van der Waals surface area contributed by atoms with E-state index in [1.54, 1.807) is 0 Å². The highest BCUT2D eigenvalue weighted by Gasteiger charge is 2.40. The predicted octanol–water partition coefficient (Wildman–Crippen LogP) is 3.82. The molecule has 0 aromatic rings.